The Balaban J connectivity index is 2.45. The number of anilines is 1. The Bertz CT molecular complexity index is 568. The first-order chi connectivity index (χ1) is 7.16. The third-order valence-electron chi connectivity index (χ3n) is 1.96. The molecule has 0 saturated carbocycles. The van der Waals surface area contributed by atoms with E-state index >= 15 is 0 Å². The average Bonchev–Trinajstić information content (AvgIpc) is 2.63. The summed E-state index contributed by atoms with van der Waals surface area (Å²) in [6, 6.07) is 5.00. The van der Waals surface area contributed by atoms with Crippen LogP contribution in [-0.4, -0.2) is 9.55 Å². The van der Waals surface area contributed by atoms with E-state index in [1.54, 1.807) is 0 Å². The van der Waals surface area contributed by atoms with E-state index in [1.807, 2.05) is 17.5 Å². The van der Waals surface area contributed by atoms with Gasteiger partial charge in [0.05, 0.1) is 6.54 Å². The first-order valence-electron chi connectivity index (χ1n) is 4.29. The van der Waals surface area contributed by atoms with Gasteiger partial charge in [0.2, 0.25) is 0 Å². The predicted octanol–water partition coefficient (Wildman–Crippen LogP) is 0.229. The van der Waals surface area contributed by atoms with Gasteiger partial charge in [0.15, 0.2) is 0 Å². The van der Waals surface area contributed by atoms with Crippen molar-refractivity contribution in [1.29, 1.82) is 0 Å². The van der Waals surface area contributed by atoms with Gasteiger partial charge in [-0.2, -0.15) is 0 Å². The van der Waals surface area contributed by atoms with Crippen molar-refractivity contribution in [3.05, 3.63) is 49.3 Å². The van der Waals surface area contributed by atoms with E-state index < -0.39 is 11.2 Å². The van der Waals surface area contributed by atoms with Crippen LogP contribution in [0, 0.1) is 0 Å². The lowest BCUT2D eigenvalue weighted by atomic mass is 10.4. The fraction of sp³-hybridized carbons (Fsp3) is 0.111. The Morgan fingerprint density at radius 3 is 2.87 bits per heavy atom. The number of nitrogens with two attached hydrogens (primary N) is 1. The second-order valence-electron chi connectivity index (χ2n) is 3.03. The van der Waals surface area contributed by atoms with Crippen molar-refractivity contribution in [2.24, 2.45) is 0 Å². The summed E-state index contributed by atoms with van der Waals surface area (Å²) < 4.78 is 1.33. The van der Waals surface area contributed by atoms with Gasteiger partial charge in [0.1, 0.15) is 5.82 Å². The molecule has 78 valence electrons. The quantitative estimate of drug-likeness (QED) is 0.764. The van der Waals surface area contributed by atoms with E-state index in [1.165, 1.54) is 22.0 Å². The standard InChI is InChI=1S/C9H9N3O2S/c10-7-4-8(13)11-9(14)12(7)5-6-2-1-3-15-6/h1-4H,5,10H2,(H,11,13,14). The molecule has 0 aliphatic heterocycles. The van der Waals surface area contributed by atoms with Gasteiger partial charge >= 0.3 is 5.69 Å². The first-order valence-corrected chi connectivity index (χ1v) is 5.17. The molecule has 0 aliphatic carbocycles. The molecule has 3 N–H and O–H groups in total. The molecule has 0 saturated heterocycles. The van der Waals surface area contributed by atoms with Crippen LogP contribution in [0.25, 0.3) is 0 Å². The molecule has 2 aromatic rings. The molecule has 2 rings (SSSR count). The van der Waals surface area contributed by atoms with Crippen molar-refractivity contribution < 1.29 is 0 Å². The van der Waals surface area contributed by atoms with Gasteiger partial charge in [0.25, 0.3) is 5.56 Å². The van der Waals surface area contributed by atoms with Gasteiger partial charge in [-0.05, 0) is 11.4 Å². The van der Waals surface area contributed by atoms with E-state index in [0.717, 1.165) is 4.88 Å². The molecule has 2 heterocycles. The van der Waals surface area contributed by atoms with Crippen molar-refractivity contribution in [2.45, 2.75) is 6.54 Å². The van der Waals surface area contributed by atoms with Crippen LogP contribution in [0.15, 0.2) is 33.2 Å². The predicted molar refractivity (Wildman–Crippen MR) is 59.2 cm³/mol. The van der Waals surface area contributed by atoms with E-state index in [0.29, 0.717) is 6.54 Å². The second kappa shape index (κ2) is 3.74. The molecule has 0 unspecified atom stereocenters. The highest BCUT2D eigenvalue weighted by Crippen LogP contribution is 2.10. The normalized spacial score (nSPS) is 10.4. The zero-order valence-corrected chi connectivity index (χ0v) is 8.58. The lowest BCUT2D eigenvalue weighted by Crippen LogP contribution is -2.31. The Morgan fingerprint density at radius 1 is 1.47 bits per heavy atom. The number of hydrogen-bond acceptors (Lipinski definition) is 4. The number of rotatable bonds is 2. The third kappa shape index (κ3) is 1.99. The fourth-order valence-electron chi connectivity index (χ4n) is 1.26. The zero-order valence-electron chi connectivity index (χ0n) is 7.77. The maximum Gasteiger partial charge on any atom is 0.330 e. The largest absolute Gasteiger partial charge is 0.385 e. The fourth-order valence-corrected chi connectivity index (χ4v) is 1.95. The number of H-pyrrole nitrogens is 1. The molecule has 0 bridgehead atoms. The number of aromatic amines is 1. The number of hydrogen-bond donors (Lipinski definition) is 2. The second-order valence-corrected chi connectivity index (χ2v) is 4.06. The maximum atomic E-state index is 11.4. The van der Waals surface area contributed by atoms with Gasteiger partial charge in [-0.25, -0.2) is 4.79 Å². The summed E-state index contributed by atoms with van der Waals surface area (Å²) in [7, 11) is 0. The Labute approximate surface area is 88.8 Å². The Morgan fingerprint density at radius 2 is 2.27 bits per heavy atom. The number of nitrogen functional groups attached to an aromatic ring is 1. The van der Waals surface area contributed by atoms with Crippen LogP contribution in [0.4, 0.5) is 5.82 Å². The minimum absolute atomic E-state index is 0.178. The molecular weight excluding hydrogens is 214 g/mol. The lowest BCUT2D eigenvalue weighted by Gasteiger charge is -2.05. The average molecular weight is 223 g/mol. The molecule has 0 radical (unpaired) electrons. The van der Waals surface area contributed by atoms with Gasteiger partial charge in [-0.3, -0.25) is 14.3 Å². The van der Waals surface area contributed by atoms with E-state index in [2.05, 4.69) is 4.98 Å². The van der Waals surface area contributed by atoms with Crippen LogP contribution in [0.2, 0.25) is 0 Å². The minimum atomic E-state index is -0.478. The smallest absolute Gasteiger partial charge is 0.330 e. The number of nitrogens with zero attached hydrogens (tertiary/aromatic N) is 1. The Kier molecular flexibility index (Phi) is 2.42. The molecule has 0 amide bonds. The molecule has 0 aromatic carbocycles. The minimum Gasteiger partial charge on any atom is -0.385 e. The summed E-state index contributed by atoms with van der Waals surface area (Å²) in [5.74, 6) is 0.178. The number of aromatic nitrogens is 2. The van der Waals surface area contributed by atoms with Crippen LogP contribution in [0.3, 0.4) is 0 Å². The van der Waals surface area contributed by atoms with Gasteiger partial charge in [0, 0.05) is 10.9 Å². The van der Waals surface area contributed by atoms with E-state index in [9.17, 15) is 9.59 Å². The van der Waals surface area contributed by atoms with Crippen LogP contribution < -0.4 is 17.0 Å². The molecule has 0 fully saturated rings. The third-order valence-corrected chi connectivity index (χ3v) is 2.82. The van der Waals surface area contributed by atoms with Crippen molar-refractivity contribution in [1.82, 2.24) is 9.55 Å². The van der Waals surface area contributed by atoms with E-state index in [4.69, 9.17) is 5.73 Å². The van der Waals surface area contributed by atoms with E-state index in [-0.39, 0.29) is 5.82 Å². The summed E-state index contributed by atoms with van der Waals surface area (Å²) >= 11 is 1.53. The number of nitrogens with one attached hydrogen (secondary N) is 1. The highest BCUT2D eigenvalue weighted by Gasteiger charge is 2.03. The molecule has 0 atom stereocenters. The Hall–Kier alpha value is -1.82. The molecule has 0 spiro atoms. The topological polar surface area (TPSA) is 80.9 Å². The number of thiophene rings is 1. The molecule has 0 aliphatic rings. The first kappa shape index (κ1) is 9.72. The van der Waals surface area contributed by atoms with Crippen LogP contribution in [-0.2, 0) is 6.54 Å². The SMILES string of the molecule is Nc1cc(=O)[nH]c(=O)n1Cc1cccs1. The van der Waals surface area contributed by atoms with Gasteiger partial charge in [-0.1, -0.05) is 6.07 Å². The summed E-state index contributed by atoms with van der Waals surface area (Å²) in [4.78, 5) is 25.5. The maximum absolute atomic E-state index is 11.4. The highest BCUT2D eigenvalue weighted by atomic mass is 32.1. The lowest BCUT2D eigenvalue weighted by molar-refractivity contribution is 0.741. The van der Waals surface area contributed by atoms with Crippen molar-refractivity contribution in [3.63, 3.8) is 0 Å². The summed E-state index contributed by atoms with van der Waals surface area (Å²) in [5, 5.41) is 1.92. The monoisotopic (exact) mass is 223 g/mol. The molecular formula is C9H9N3O2S. The van der Waals surface area contributed by atoms with Crippen LogP contribution in [0.1, 0.15) is 4.88 Å². The van der Waals surface area contributed by atoms with Crippen molar-refractivity contribution in [3.8, 4) is 0 Å². The molecule has 6 heteroatoms. The molecule has 15 heavy (non-hydrogen) atoms. The molecule has 2 aromatic heterocycles. The van der Waals surface area contributed by atoms with Crippen LogP contribution in [0.5, 0.6) is 0 Å². The van der Waals surface area contributed by atoms with Crippen molar-refractivity contribution >= 4 is 17.2 Å². The van der Waals surface area contributed by atoms with Crippen molar-refractivity contribution in [2.75, 3.05) is 5.73 Å². The summed E-state index contributed by atoms with van der Waals surface area (Å²) in [5.41, 5.74) is 4.64. The zero-order chi connectivity index (χ0) is 10.8. The van der Waals surface area contributed by atoms with Gasteiger partial charge < -0.3 is 5.73 Å². The summed E-state index contributed by atoms with van der Waals surface area (Å²) in [6.07, 6.45) is 0. The highest BCUT2D eigenvalue weighted by molar-refractivity contribution is 7.09. The van der Waals surface area contributed by atoms with Gasteiger partial charge in [-0.15, -0.1) is 11.3 Å². The summed E-state index contributed by atoms with van der Waals surface area (Å²) in [6.45, 7) is 0.388. The van der Waals surface area contributed by atoms with Crippen LogP contribution >= 0.6 is 11.3 Å². The molecule has 5 nitrogen and oxygen atoms in total.